The molecule has 2 heterocycles. The third kappa shape index (κ3) is 6.05. The molecular formula is C18H31N5O2S. The monoisotopic (exact) mass is 381 g/mol. The number of rotatable bonds is 7. The Bertz CT molecular complexity index is 570. The van der Waals surface area contributed by atoms with Gasteiger partial charge in [0.05, 0.1) is 6.04 Å². The van der Waals surface area contributed by atoms with Crippen LogP contribution in [0.1, 0.15) is 17.8 Å². The molecule has 8 heteroatoms. The third-order valence-electron chi connectivity index (χ3n) is 4.65. The molecular weight excluding hydrogens is 350 g/mol. The molecule has 2 rings (SSSR count). The first-order chi connectivity index (χ1) is 12.4. The highest BCUT2D eigenvalue weighted by molar-refractivity contribution is 7.10. The fourth-order valence-electron chi connectivity index (χ4n) is 3.13. The van der Waals surface area contributed by atoms with Gasteiger partial charge in [-0.05, 0) is 39.5 Å². The van der Waals surface area contributed by atoms with Crippen LogP contribution in [0.4, 0.5) is 0 Å². The maximum Gasteiger partial charge on any atom is 0.309 e. The fourth-order valence-corrected chi connectivity index (χ4v) is 4.09. The van der Waals surface area contributed by atoms with Gasteiger partial charge in [-0.25, -0.2) is 0 Å². The number of hydrogen-bond acceptors (Lipinski definition) is 6. The molecule has 2 amide bonds. The molecule has 2 N–H and O–H groups in total. The van der Waals surface area contributed by atoms with Crippen molar-refractivity contribution in [2.45, 2.75) is 19.0 Å². The predicted molar refractivity (Wildman–Crippen MR) is 105 cm³/mol. The van der Waals surface area contributed by atoms with E-state index in [0.717, 1.165) is 26.2 Å². The number of likely N-dealkylation sites (N-methyl/N-ethyl adjacent to an activating group) is 2. The van der Waals surface area contributed by atoms with Crippen LogP contribution in [0.2, 0.25) is 0 Å². The zero-order valence-electron chi connectivity index (χ0n) is 16.2. The average Bonchev–Trinajstić information content (AvgIpc) is 3.10. The van der Waals surface area contributed by atoms with Gasteiger partial charge in [0, 0.05) is 50.2 Å². The number of amides is 2. The van der Waals surface area contributed by atoms with Crippen LogP contribution in [0, 0.1) is 0 Å². The molecule has 1 aromatic rings. The summed E-state index contributed by atoms with van der Waals surface area (Å²) in [5, 5.41) is 7.63. The Labute approximate surface area is 160 Å². The largest absolute Gasteiger partial charge is 0.347 e. The first-order valence-electron chi connectivity index (χ1n) is 9.08. The standard InChI is InChI=1S/C18H31N5O2S/c1-14(20-18(25)17(24)19-7-8-21(2)3)16(15-6-5-13-26-15)23-11-9-22(4)10-12-23/h5-6,13-14,16H,7-12H2,1-4H3,(H,19,24)(H,20,25)/t14-,16-/m0/s1. The molecule has 1 aromatic heterocycles. The van der Waals surface area contributed by atoms with E-state index in [1.807, 2.05) is 32.0 Å². The minimum absolute atomic E-state index is 0.0854. The number of carbonyl (C=O) groups is 2. The van der Waals surface area contributed by atoms with Gasteiger partial charge in [0.15, 0.2) is 0 Å². The van der Waals surface area contributed by atoms with Crippen LogP contribution >= 0.6 is 11.3 Å². The van der Waals surface area contributed by atoms with E-state index >= 15 is 0 Å². The Kier molecular flexibility index (Phi) is 8.02. The van der Waals surface area contributed by atoms with Crippen molar-refractivity contribution in [2.24, 2.45) is 0 Å². The van der Waals surface area contributed by atoms with Gasteiger partial charge in [-0.15, -0.1) is 11.3 Å². The van der Waals surface area contributed by atoms with E-state index in [1.165, 1.54) is 4.88 Å². The maximum atomic E-state index is 12.3. The Morgan fingerprint density at radius 3 is 2.50 bits per heavy atom. The van der Waals surface area contributed by atoms with Gasteiger partial charge in [-0.2, -0.15) is 0 Å². The van der Waals surface area contributed by atoms with Crippen molar-refractivity contribution in [2.75, 3.05) is 60.4 Å². The molecule has 1 saturated heterocycles. The molecule has 0 radical (unpaired) electrons. The van der Waals surface area contributed by atoms with E-state index in [1.54, 1.807) is 11.3 Å². The van der Waals surface area contributed by atoms with Crippen LogP contribution in [-0.2, 0) is 9.59 Å². The predicted octanol–water partition coefficient (Wildman–Crippen LogP) is 0.219. The molecule has 26 heavy (non-hydrogen) atoms. The second kappa shape index (κ2) is 10.0. The SMILES string of the molecule is C[C@H](NC(=O)C(=O)NCCN(C)C)[C@@H](c1cccs1)N1CCN(C)CC1. The van der Waals surface area contributed by atoms with Crippen LogP contribution in [-0.4, -0.2) is 93.0 Å². The molecule has 0 aromatic carbocycles. The van der Waals surface area contributed by atoms with Gasteiger partial charge >= 0.3 is 11.8 Å². The molecule has 0 unspecified atom stereocenters. The molecule has 7 nitrogen and oxygen atoms in total. The zero-order chi connectivity index (χ0) is 19.1. The summed E-state index contributed by atoms with van der Waals surface area (Å²) in [5.74, 6) is -1.13. The highest BCUT2D eigenvalue weighted by Crippen LogP contribution is 2.29. The summed E-state index contributed by atoms with van der Waals surface area (Å²) in [7, 11) is 5.98. The van der Waals surface area contributed by atoms with Gasteiger partial charge < -0.3 is 20.4 Å². The topological polar surface area (TPSA) is 67.9 Å². The lowest BCUT2D eigenvalue weighted by Crippen LogP contribution is -2.53. The number of piperazine rings is 1. The summed E-state index contributed by atoms with van der Waals surface area (Å²) in [6, 6.07) is 4.07. The Balaban J connectivity index is 1.97. The number of nitrogens with one attached hydrogen (secondary N) is 2. The van der Waals surface area contributed by atoms with E-state index < -0.39 is 11.8 Å². The molecule has 146 valence electrons. The van der Waals surface area contributed by atoms with Crippen molar-refractivity contribution < 1.29 is 9.59 Å². The van der Waals surface area contributed by atoms with Crippen molar-refractivity contribution in [3.8, 4) is 0 Å². The summed E-state index contributed by atoms with van der Waals surface area (Å²) in [6.07, 6.45) is 0. The number of thiophene rings is 1. The summed E-state index contributed by atoms with van der Waals surface area (Å²) in [4.78, 5) is 32.2. The van der Waals surface area contributed by atoms with Gasteiger partial charge in [-0.3, -0.25) is 14.5 Å². The summed E-state index contributed by atoms with van der Waals surface area (Å²) in [6.45, 7) is 7.06. The number of hydrogen-bond donors (Lipinski definition) is 2. The van der Waals surface area contributed by atoms with Crippen LogP contribution in [0.25, 0.3) is 0 Å². The molecule has 0 saturated carbocycles. The summed E-state index contributed by atoms with van der Waals surface area (Å²) >= 11 is 1.69. The first-order valence-corrected chi connectivity index (χ1v) is 9.96. The van der Waals surface area contributed by atoms with E-state index in [4.69, 9.17) is 0 Å². The van der Waals surface area contributed by atoms with Crippen LogP contribution in [0.3, 0.4) is 0 Å². The molecule has 1 fully saturated rings. The molecule has 0 spiro atoms. The Hall–Kier alpha value is -1.48. The maximum absolute atomic E-state index is 12.3. The third-order valence-corrected chi connectivity index (χ3v) is 5.59. The first kappa shape index (κ1) is 20.8. The van der Waals surface area contributed by atoms with E-state index in [-0.39, 0.29) is 12.1 Å². The summed E-state index contributed by atoms with van der Waals surface area (Å²) < 4.78 is 0. The van der Waals surface area contributed by atoms with E-state index in [0.29, 0.717) is 13.1 Å². The summed E-state index contributed by atoms with van der Waals surface area (Å²) in [5.41, 5.74) is 0. The molecule has 0 bridgehead atoms. The second-order valence-electron chi connectivity index (χ2n) is 7.12. The second-order valence-corrected chi connectivity index (χ2v) is 8.10. The van der Waals surface area contributed by atoms with Gasteiger partial charge in [-0.1, -0.05) is 6.07 Å². The van der Waals surface area contributed by atoms with Crippen molar-refractivity contribution in [1.82, 2.24) is 25.3 Å². The average molecular weight is 382 g/mol. The molecule has 0 aliphatic carbocycles. The molecule has 1 aliphatic heterocycles. The van der Waals surface area contributed by atoms with Crippen molar-refractivity contribution >= 4 is 23.2 Å². The van der Waals surface area contributed by atoms with Gasteiger partial charge in [0.2, 0.25) is 0 Å². The quantitative estimate of drug-likeness (QED) is 0.662. The van der Waals surface area contributed by atoms with Crippen molar-refractivity contribution in [3.05, 3.63) is 22.4 Å². The lowest BCUT2D eigenvalue weighted by Gasteiger charge is -2.40. The van der Waals surface area contributed by atoms with Gasteiger partial charge in [0.1, 0.15) is 0 Å². The minimum Gasteiger partial charge on any atom is -0.347 e. The molecule has 2 atom stereocenters. The van der Waals surface area contributed by atoms with Gasteiger partial charge in [0.25, 0.3) is 0 Å². The highest BCUT2D eigenvalue weighted by atomic mass is 32.1. The zero-order valence-corrected chi connectivity index (χ0v) is 17.0. The number of carbonyl (C=O) groups excluding carboxylic acids is 2. The fraction of sp³-hybridized carbons (Fsp3) is 0.667. The molecule has 1 aliphatic rings. The highest BCUT2D eigenvalue weighted by Gasteiger charge is 2.31. The normalized spacial score (nSPS) is 18.5. The Morgan fingerprint density at radius 1 is 1.23 bits per heavy atom. The smallest absolute Gasteiger partial charge is 0.309 e. The van der Waals surface area contributed by atoms with E-state index in [9.17, 15) is 9.59 Å². The van der Waals surface area contributed by atoms with E-state index in [2.05, 4.69) is 38.9 Å². The van der Waals surface area contributed by atoms with Crippen LogP contribution in [0.15, 0.2) is 17.5 Å². The van der Waals surface area contributed by atoms with Crippen LogP contribution < -0.4 is 10.6 Å². The van der Waals surface area contributed by atoms with Crippen LogP contribution in [0.5, 0.6) is 0 Å². The van der Waals surface area contributed by atoms with Crippen molar-refractivity contribution in [3.63, 3.8) is 0 Å². The number of nitrogens with zero attached hydrogens (tertiary/aromatic N) is 3. The minimum atomic E-state index is -0.568. The lowest BCUT2D eigenvalue weighted by atomic mass is 10.0. The Morgan fingerprint density at radius 2 is 1.92 bits per heavy atom. The lowest BCUT2D eigenvalue weighted by molar-refractivity contribution is -0.139. The van der Waals surface area contributed by atoms with Crippen molar-refractivity contribution in [1.29, 1.82) is 0 Å².